The van der Waals surface area contributed by atoms with Crippen LogP contribution in [0.25, 0.3) is 0 Å². The lowest BCUT2D eigenvalue weighted by molar-refractivity contribution is -0.384. The van der Waals surface area contributed by atoms with E-state index in [1.807, 2.05) is 5.32 Å². The third kappa shape index (κ3) is 2.56. The molecule has 2 atom stereocenters. The second kappa shape index (κ2) is 4.83. The van der Waals surface area contributed by atoms with Gasteiger partial charge in [-0.15, -0.1) is 0 Å². The van der Waals surface area contributed by atoms with Gasteiger partial charge in [0.2, 0.25) is 5.91 Å². The first-order chi connectivity index (χ1) is 9.31. The lowest BCUT2D eigenvalue weighted by Crippen LogP contribution is -2.18. The van der Waals surface area contributed by atoms with Crippen molar-refractivity contribution < 1.29 is 28.4 Å². The van der Waals surface area contributed by atoms with Crippen LogP contribution >= 0.6 is 0 Å². The van der Waals surface area contributed by atoms with Crippen molar-refractivity contribution in [3.05, 3.63) is 33.9 Å². The van der Waals surface area contributed by atoms with E-state index < -0.39 is 51.6 Å². The highest BCUT2D eigenvalue weighted by Gasteiger charge is 2.48. The zero-order valence-electron chi connectivity index (χ0n) is 9.80. The molecule has 7 nitrogen and oxygen atoms in total. The summed E-state index contributed by atoms with van der Waals surface area (Å²) < 4.78 is 26.4. The molecule has 0 spiro atoms. The van der Waals surface area contributed by atoms with Crippen LogP contribution in [0.4, 0.5) is 20.2 Å². The molecular weight excluding hydrogens is 278 g/mol. The number of nitro groups is 1. The normalized spacial score (nSPS) is 20.3. The number of nitrogens with zero attached hydrogens (tertiary/aromatic N) is 1. The van der Waals surface area contributed by atoms with Gasteiger partial charge in [-0.1, -0.05) is 0 Å². The molecule has 2 N–H and O–H groups in total. The second-order valence-corrected chi connectivity index (χ2v) is 4.32. The molecule has 20 heavy (non-hydrogen) atoms. The van der Waals surface area contributed by atoms with Crippen molar-refractivity contribution in [1.82, 2.24) is 0 Å². The fourth-order valence-corrected chi connectivity index (χ4v) is 1.80. The molecule has 2 rings (SSSR count). The Bertz CT molecular complexity index is 619. The molecule has 0 bridgehead atoms. The molecule has 1 aliphatic carbocycles. The van der Waals surface area contributed by atoms with Gasteiger partial charge in [0.1, 0.15) is 5.82 Å². The summed E-state index contributed by atoms with van der Waals surface area (Å²) in [6, 6.07) is 0.866. The maximum atomic E-state index is 13.5. The lowest BCUT2D eigenvalue weighted by atomic mass is 10.2. The van der Waals surface area contributed by atoms with Crippen LogP contribution in [0.5, 0.6) is 0 Å². The first-order valence-electron chi connectivity index (χ1n) is 5.48. The molecule has 1 aromatic rings. The number of halogens is 2. The summed E-state index contributed by atoms with van der Waals surface area (Å²) in [7, 11) is 0. The number of nitrogens with one attached hydrogen (secondary N) is 1. The van der Waals surface area contributed by atoms with E-state index in [1.165, 1.54) is 0 Å². The zero-order chi connectivity index (χ0) is 15.0. The summed E-state index contributed by atoms with van der Waals surface area (Å²) in [5.74, 6) is -6.20. The number of carboxylic acids is 1. The van der Waals surface area contributed by atoms with Gasteiger partial charge in [-0.05, 0) is 6.42 Å². The molecule has 0 aromatic heterocycles. The number of amides is 1. The summed E-state index contributed by atoms with van der Waals surface area (Å²) in [6.45, 7) is 0. The average Bonchev–Trinajstić information content (AvgIpc) is 3.11. The van der Waals surface area contributed by atoms with Crippen molar-refractivity contribution in [3.63, 3.8) is 0 Å². The van der Waals surface area contributed by atoms with Gasteiger partial charge in [0.25, 0.3) is 5.69 Å². The molecule has 9 heteroatoms. The molecule has 0 radical (unpaired) electrons. The maximum absolute atomic E-state index is 13.5. The number of hydrogen-bond acceptors (Lipinski definition) is 4. The number of anilines is 1. The molecule has 0 aliphatic heterocycles. The predicted octanol–water partition coefficient (Wildman–Crippen LogP) is 1.53. The van der Waals surface area contributed by atoms with Gasteiger partial charge in [0.15, 0.2) is 11.5 Å². The van der Waals surface area contributed by atoms with Crippen LogP contribution in [0.3, 0.4) is 0 Å². The largest absolute Gasteiger partial charge is 0.481 e. The van der Waals surface area contributed by atoms with Gasteiger partial charge < -0.3 is 10.4 Å². The van der Waals surface area contributed by atoms with Crippen LogP contribution in [0.1, 0.15) is 6.42 Å². The maximum Gasteiger partial charge on any atom is 0.307 e. The fraction of sp³-hybridized carbons (Fsp3) is 0.273. The lowest BCUT2D eigenvalue weighted by Gasteiger charge is -2.06. The first-order valence-corrected chi connectivity index (χ1v) is 5.48. The van der Waals surface area contributed by atoms with Crippen LogP contribution in [-0.2, 0) is 9.59 Å². The van der Waals surface area contributed by atoms with Crippen LogP contribution in [0.15, 0.2) is 12.1 Å². The molecule has 0 heterocycles. The summed E-state index contributed by atoms with van der Waals surface area (Å²) in [5, 5.41) is 21.3. The SMILES string of the molecule is O=C(O)[C@H]1C[C@H]1C(=O)Nc1c(F)cc(F)cc1[N+](=O)[O-]. The standard InChI is InChI=1S/C11H8F2N2O5/c12-4-1-7(13)9(8(2-4)15(19)20)14-10(16)5-3-6(5)11(17)18/h1-2,5-6H,3H2,(H,14,16)(H,17,18)/t5-,6+/m1/s1. The number of benzene rings is 1. The molecule has 1 amide bonds. The average molecular weight is 286 g/mol. The minimum absolute atomic E-state index is 0.0811. The van der Waals surface area contributed by atoms with Gasteiger partial charge in [0, 0.05) is 6.07 Å². The van der Waals surface area contributed by atoms with Crippen LogP contribution < -0.4 is 5.32 Å². The summed E-state index contributed by atoms with van der Waals surface area (Å²) >= 11 is 0. The molecule has 1 aromatic carbocycles. The third-order valence-corrected chi connectivity index (χ3v) is 2.92. The Labute approximate surface area is 110 Å². The van der Waals surface area contributed by atoms with E-state index in [9.17, 15) is 28.5 Å². The number of carbonyl (C=O) groups is 2. The quantitative estimate of drug-likeness (QED) is 0.644. The second-order valence-electron chi connectivity index (χ2n) is 4.32. The fourth-order valence-electron chi connectivity index (χ4n) is 1.80. The van der Waals surface area contributed by atoms with E-state index in [0.717, 1.165) is 0 Å². The highest BCUT2D eigenvalue weighted by atomic mass is 19.1. The van der Waals surface area contributed by atoms with E-state index in [4.69, 9.17) is 5.11 Å². The van der Waals surface area contributed by atoms with Gasteiger partial charge in [0.05, 0.1) is 22.8 Å². The van der Waals surface area contributed by atoms with Crippen LogP contribution in [0.2, 0.25) is 0 Å². The number of carboxylic acid groups (broad SMARTS) is 1. The van der Waals surface area contributed by atoms with Crippen molar-refractivity contribution in [1.29, 1.82) is 0 Å². The van der Waals surface area contributed by atoms with Crippen molar-refractivity contribution in [3.8, 4) is 0 Å². The molecule has 1 aliphatic rings. The highest BCUT2D eigenvalue weighted by Crippen LogP contribution is 2.40. The van der Waals surface area contributed by atoms with Crippen LogP contribution in [0, 0.1) is 33.6 Å². The Morgan fingerprint density at radius 2 is 2.00 bits per heavy atom. The van der Waals surface area contributed by atoms with Gasteiger partial charge in [-0.25, -0.2) is 8.78 Å². The predicted molar refractivity (Wildman–Crippen MR) is 60.9 cm³/mol. The molecule has 1 saturated carbocycles. The first kappa shape index (κ1) is 13.8. The number of rotatable bonds is 4. The van der Waals surface area contributed by atoms with E-state index >= 15 is 0 Å². The Hall–Kier alpha value is -2.58. The Morgan fingerprint density at radius 1 is 1.35 bits per heavy atom. The van der Waals surface area contributed by atoms with E-state index in [1.54, 1.807) is 0 Å². The number of hydrogen-bond donors (Lipinski definition) is 2. The summed E-state index contributed by atoms with van der Waals surface area (Å²) in [5.41, 5.74) is -1.69. The molecule has 0 saturated heterocycles. The van der Waals surface area contributed by atoms with Crippen LogP contribution in [-0.4, -0.2) is 21.9 Å². The Balaban J connectivity index is 2.24. The Morgan fingerprint density at radius 3 is 2.50 bits per heavy atom. The molecule has 1 fully saturated rings. The Kier molecular flexibility index (Phi) is 3.35. The molecular formula is C11H8F2N2O5. The smallest absolute Gasteiger partial charge is 0.307 e. The van der Waals surface area contributed by atoms with Gasteiger partial charge >= 0.3 is 5.97 Å². The number of carbonyl (C=O) groups excluding carboxylic acids is 1. The zero-order valence-corrected chi connectivity index (χ0v) is 9.80. The van der Waals surface area contributed by atoms with Gasteiger partial charge in [-0.2, -0.15) is 0 Å². The highest BCUT2D eigenvalue weighted by molar-refractivity contribution is 5.99. The molecule has 106 valence electrons. The summed E-state index contributed by atoms with van der Waals surface area (Å²) in [6.07, 6.45) is 0.0811. The topological polar surface area (TPSA) is 110 Å². The minimum atomic E-state index is -1.29. The van der Waals surface area contributed by atoms with Crippen molar-refractivity contribution in [2.24, 2.45) is 11.8 Å². The molecule has 0 unspecified atom stereocenters. The van der Waals surface area contributed by atoms with E-state index in [-0.39, 0.29) is 6.42 Å². The summed E-state index contributed by atoms with van der Waals surface area (Å²) in [4.78, 5) is 31.9. The monoisotopic (exact) mass is 286 g/mol. The third-order valence-electron chi connectivity index (χ3n) is 2.92. The van der Waals surface area contributed by atoms with Crippen molar-refractivity contribution in [2.75, 3.05) is 5.32 Å². The van der Waals surface area contributed by atoms with Crippen molar-refractivity contribution >= 4 is 23.3 Å². The number of aliphatic carboxylic acids is 1. The van der Waals surface area contributed by atoms with E-state index in [0.29, 0.717) is 12.1 Å². The minimum Gasteiger partial charge on any atom is -0.481 e. The van der Waals surface area contributed by atoms with Gasteiger partial charge in [-0.3, -0.25) is 19.7 Å². The number of nitro benzene ring substituents is 1. The van der Waals surface area contributed by atoms with E-state index in [2.05, 4.69) is 0 Å². The van der Waals surface area contributed by atoms with Crippen molar-refractivity contribution in [2.45, 2.75) is 6.42 Å².